The fraction of sp³-hybridized carbons (Fsp3) is 0.0500. The van der Waals surface area contributed by atoms with Crippen LogP contribution in [-0.4, -0.2) is 16.0 Å². The van der Waals surface area contributed by atoms with E-state index < -0.39 is 0 Å². The molecule has 0 aliphatic heterocycles. The van der Waals surface area contributed by atoms with Gasteiger partial charge < -0.3 is 4.52 Å². The number of nitrogens with one attached hydrogen (secondary N) is 1. The third kappa shape index (κ3) is 3.49. The van der Waals surface area contributed by atoms with Gasteiger partial charge in [0.25, 0.3) is 5.91 Å². The lowest BCUT2D eigenvalue weighted by molar-refractivity contribution is 0.102. The molecule has 4 aromatic rings. The molecule has 0 aliphatic rings. The first-order chi connectivity index (χ1) is 13.1. The molecule has 0 atom stereocenters. The summed E-state index contributed by atoms with van der Waals surface area (Å²) in [7, 11) is 0. The van der Waals surface area contributed by atoms with Crippen molar-refractivity contribution in [2.75, 3.05) is 5.32 Å². The Bertz CT molecular complexity index is 1110. The molecule has 2 aromatic heterocycles. The lowest BCUT2D eigenvalue weighted by Crippen LogP contribution is -2.13. The van der Waals surface area contributed by atoms with E-state index in [-0.39, 0.29) is 5.91 Å². The van der Waals surface area contributed by atoms with Crippen LogP contribution in [0.2, 0.25) is 5.02 Å². The lowest BCUT2D eigenvalue weighted by atomic mass is 10.1. The Morgan fingerprint density at radius 1 is 1.11 bits per heavy atom. The van der Waals surface area contributed by atoms with Crippen LogP contribution in [-0.2, 0) is 0 Å². The Hall–Kier alpha value is -2.96. The van der Waals surface area contributed by atoms with Gasteiger partial charge in [0, 0.05) is 21.5 Å². The monoisotopic (exact) mass is 395 g/mol. The van der Waals surface area contributed by atoms with Crippen molar-refractivity contribution in [2.24, 2.45) is 0 Å². The average Bonchev–Trinajstić information content (AvgIpc) is 3.29. The van der Waals surface area contributed by atoms with Crippen LogP contribution in [0.1, 0.15) is 16.1 Å². The van der Waals surface area contributed by atoms with Crippen molar-refractivity contribution in [3.05, 3.63) is 76.3 Å². The van der Waals surface area contributed by atoms with Gasteiger partial charge in [-0.3, -0.25) is 10.1 Å². The maximum atomic E-state index is 12.8. The van der Waals surface area contributed by atoms with Crippen molar-refractivity contribution < 1.29 is 9.32 Å². The number of hydrogen-bond donors (Lipinski definition) is 1. The van der Waals surface area contributed by atoms with Crippen LogP contribution in [0, 0.1) is 6.92 Å². The van der Waals surface area contributed by atoms with Crippen molar-refractivity contribution in [2.45, 2.75) is 6.92 Å². The van der Waals surface area contributed by atoms with Gasteiger partial charge in [0.1, 0.15) is 17.0 Å². The van der Waals surface area contributed by atoms with E-state index in [0.717, 1.165) is 11.1 Å². The molecule has 0 aliphatic carbocycles. The number of hydrogen-bond acceptors (Lipinski definition) is 5. The van der Waals surface area contributed by atoms with Crippen LogP contribution in [0.3, 0.4) is 0 Å². The highest BCUT2D eigenvalue weighted by atomic mass is 35.5. The Balaban J connectivity index is 1.61. The van der Waals surface area contributed by atoms with E-state index in [1.807, 2.05) is 53.9 Å². The van der Waals surface area contributed by atoms with E-state index in [1.165, 1.54) is 11.3 Å². The highest BCUT2D eigenvalue weighted by Gasteiger charge is 2.22. The molecule has 0 fully saturated rings. The summed E-state index contributed by atoms with van der Waals surface area (Å²) in [6, 6.07) is 16.9. The summed E-state index contributed by atoms with van der Waals surface area (Å²) in [5, 5.41) is 9.82. The first-order valence-corrected chi connectivity index (χ1v) is 9.42. The summed E-state index contributed by atoms with van der Waals surface area (Å²) in [6.07, 6.45) is 0. The number of rotatable bonds is 4. The van der Waals surface area contributed by atoms with Crippen LogP contribution >= 0.6 is 22.9 Å². The zero-order valence-electron chi connectivity index (χ0n) is 14.3. The molecular formula is C20H14ClN3O2S. The van der Waals surface area contributed by atoms with Crippen LogP contribution in [0.25, 0.3) is 22.5 Å². The maximum absolute atomic E-state index is 12.8. The van der Waals surface area contributed by atoms with Crippen molar-refractivity contribution in [3.8, 4) is 22.5 Å². The van der Waals surface area contributed by atoms with Gasteiger partial charge in [-0.15, -0.1) is 11.3 Å². The van der Waals surface area contributed by atoms with Crippen LogP contribution in [0.4, 0.5) is 5.13 Å². The number of aromatic nitrogens is 2. The highest BCUT2D eigenvalue weighted by Crippen LogP contribution is 2.31. The van der Waals surface area contributed by atoms with Gasteiger partial charge in [0.2, 0.25) is 0 Å². The third-order valence-electron chi connectivity index (χ3n) is 4.01. The van der Waals surface area contributed by atoms with Crippen LogP contribution in [0.15, 0.2) is 64.5 Å². The molecule has 134 valence electrons. The molecule has 5 nitrogen and oxygen atoms in total. The Morgan fingerprint density at radius 3 is 2.63 bits per heavy atom. The zero-order valence-corrected chi connectivity index (χ0v) is 15.8. The fourth-order valence-electron chi connectivity index (χ4n) is 2.72. The predicted octanol–water partition coefficient (Wildman–Crippen LogP) is 5.68. The second-order valence-corrected chi connectivity index (χ2v) is 7.07. The Labute approximate surface area is 164 Å². The summed E-state index contributed by atoms with van der Waals surface area (Å²) in [5.74, 6) is 0.141. The second-order valence-electron chi connectivity index (χ2n) is 5.80. The van der Waals surface area contributed by atoms with Gasteiger partial charge in [0.05, 0.1) is 5.69 Å². The maximum Gasteiger partial charge on any atom is 0.263 e. The van der Waals surface area contributed by atoms with E-state index in [0.29, 0.717) is 32.9 Å². The molecule has 27 heavy (non-hydrogen) atoms. The molecule has 7 heteroatoms. The van der Waals surface area contributed by atoms with Gasteiger partial charge in [-0.1, -0.05) is 65.3 Å². The van der Waals surface area contributed by atoms with E-state index in [4.69, 9.17) is 16.1 Å². The normalized spacial score (nSPS) is 10.7. The molecule has 0 bridgehead atoms. The quantitative estimate of drug-likeness (QED) is 0.482. The molecule has 0 saturated carbocycles. The first kappa shape index (κ1) is 17.5. The second kappa shape index (κ2) is 7.34. The standard InChI is InChI=1S/C20H14ClN3O2S/c1-12-17(18(24-26-12)13-7-3-2-4-8-13)19(25)23-20-22-16(11-27-20)14-9-5-6-10-15(14)21/h2-11H,1H3,(H,22,23,25). The molecule has 0 unspecified atom stereocenters. The minimum atomic E-state index is -0.312. The summed E-state index contributed by atoms with van der Waals surface area (Å²) < 4.78 is 5.25. The Morgan fingerprint density at radius 2 is 1.85 bits per heavy atom. The molecule has 1 N–H and O–H groups in total. The number of halogens is 1. The van der Waals surface area contributed by atoms with E-state index in [9.17, 15) is 4.79 Å². The molecule has 1 amide bonds. The number of nitrogens with zero attached hydrogens (tertiary/aromatic N) is 2. The number of carbonyl (C=O) groups excluding carboxylic acids is 1. The zero-order chi connectivity index (χ0) is 18.8. The largest absolute Gasteiger partial charge is 0.360 e. The van der Waals surface area contributed by atoms with Gasteiger partial charge in [-0.25, -0.2) is 4.98 Å². The molecule has 0 saturated heterocycles. The number of aryl methyl sites for hydroxylation is 1. The molecule has 2 heterocycles. The molecule has 0 radical (unpaired) electrons. The van der Waals surface area contributed by atoms with Crippen molar-refractivity contribution in [3.63, 3.8) is 0 Å². The number of carbonyl (C=O) groups is 1. The average molecular weight is 396 g/mol. The lowest BCUT2D eigenvalue weighted by Gasteiger charge is -2.03. The van der Waals surface area contributed by atoms with Crippen LogP contribution in [0.5, 0.6) is 0 Å². The third-order valence-corrected chi connectivity index (χ3v) is 5.10. The van der Waals surface area contributed by atoms with Gasteiger partial charge in [-0.05, 0) is 13.0 Å². The smallest absolute Gasteiger partial charge is 0.263 e. The number of benzene rings is 2. The number of thiazole rings is 1. The topological polar surface area (TPSA) is 68.0 Å². The first-order valence-electron chi connectivity index (χ1n) is 8.17. The van der Waals surface area contributed by atoms with Crippen molar-refractivity contribution in [1.29, 1.82) is 0 Å². The summed E-state index contributed by atoms with van der Waals surface area (Å²) >= 11 is 7.55. The van der Waals surface area contributed by atoms with Crippen molar-refractivity contribution in [1.82, 2.24) is 10.1 Å². The van der Waals surface area contributed by atoms with E-state index >= 15 is 0 Å². The summed E-state index contributed by atoms with van der Waals surface area (Å²) in [4.78, 5) is 17.3. The Kier molecular flexibility index (Phi) is 4.75. The minimum Gasteiger partial charge on any atom is -0.360 e. The summed E-state index contributed by atoms with van der Waals surface area (Å²) in [5.41, 5.74) is 3.26. The molecule has 2 aromatic carbocycles. The molecular weight excluding hydrogens is 382 g/mol. The number of amides is 1. The van der Waals surface area contributed by atoms with Crippen molar-refractivity contribution >= 4 is 34.0 Å². The molecule has 0 spiro atoms. The fourth-order valence-corrected chi connectivity index (χ4v) is 3.65. The van der Waals surface area contributed by atoms with Crippen LogP contribution < -0.4 is 5.32 Å². The minimum absolute atomic E-state index is 0.312. The summed E-state index contributed by atoms with van der Waals surface area (Å²) in [6.45, 7) is 1.71. The predicted molar refractivity (Wildman–Crippen MR) is 107 cm³/mol. The van der Waals surface area contributed by atoms with Gasteiger partial charge in [-0.2, -0.15) is 0 Å². The van der Waals surface area contributed by atoms with E-state index in [2.05, 4.69) is 15.5 Å². The number of anilines is 1. The SMILES string of the molecule is Cc1onc(-c2ccccc2)c1C(=O)Nc1nc(-c2ccccc2Cl)cs1. The van der Waals surface area contributed by atoms with E-state index in [1.54, 1.807) is 13.0 Å². The molecule has 4 rings (SSSR count). The highest BCUT2D eigenvalue weighted by molar-refractivity contribution is 7.14. The van der Waals surface area contributed by atoms with Gasteiger partial charge in [0.15, 0.2) is 5.13 Å². The van der Waals surface area contributed by atoms with Gasteiger partial charge >= 0.3 is 0 Å².